The molecule has 8 heteroatoms. The predicted molar refractivity (Wildman–Crippen MR) is 72.5 cm³/mol. The van der Waals surface area contributed by atoms with Crippen LogP contribution >= 0.6 is 0 Å². The summed E-state index contributed by atoms with van der Waals surface area (Å²) in [5.41, 5.74) is 0. The number of carbonyl (C=O) groups is 3. The van der Waals surface area contributed by atoms with Crippen molar-refractivity contribution in [2.24, 2.45) is 5.92 Å². The number of rotatable bonds is 2. The fraction of sp³-hybridized carbons (Fsp3) is 0.769. The SMILES string of the molecule is CC1CCN(C(=O)N2CCNC(=O)C2CC(=O)O)CC1O. The van der Waals surface area contributed by atoms with E-state index in [1.54, 1.807) is 0 Å². The van der Waals surface area contributed by atoms with E-state index in [1.165, 1.54) is 9.80 Å². The highest BCUT2D eigenvalue weighted by Gasteiger charge is 2.38. The van der Waals surface area contributed by atoms with Gasteiger partial charge in [-0.3, -0.25) is 9.59 Å². The van der Waals surface area contributed by atoms with Crippen LogP contribution in [0.3, 0.4) is 0 Å². The first kappa shape index (κ1) is 15.6. The second-order valence-electron chi connectivity index (χ2n) is 5.66. The summed E-state index contributed by atoms with van der Waals surface area (Å²) in [5.74, 6) is -1.43. The predicted octanol–water partition coefficient (Wildman–Crippen LogP) is -0.916. The minimum atomic E-state index is -1.12. The highest BCUT2D eigenvalue weighted by Crippen LogP contribution is 2.20. The van der Waals surface area contributed by atoms with Crippen LogP contribution in [0.2, 0.25) is 0 Å². The third kappa shape index (κ3) is 3.44. The monoisotopic (exact) mass is 299 g/mol. The fourth-order valence-corrected chi connectivity index (χ4v) is 2.72. The van der Waals surface area contributed by atoms with Crippen molar-refractivity contribution in [2.45, 2.75) is 31.9 Å². The summed E-state index contributed by atoms with van der Waals surface area (Å²) in [6, 6.07) is -1.36. The Morgan fingerprint density at radius 3 is 2.71 bits per heavy atom. The third-order valence-corrected chi connectivity index (χ3v) is 4.13. The van der Waals surface area contributed by atoms with E-state index < -0.39 is 30.4 Å². The number of piperidine rings is 1. The van der Waals surface area contributed by atoms with Gasteiger partial charge in [-0.15, -0.1) is 0 Å². The van der Waals surface area contributed by atoms with Crippen LogP contribution in [0.15, 0.2) is 0 Å². The number of aliphatic carboxylic acids is 1. The normalized spacial score (nSPS) is 30.0. The Labute approximate surface area is 122 Å². The van der Waals surface area contributed by atoms with Gasteiger partial charge in [0, 0.05) is 26.2 Å². The summed E-state index contributed by atoms with van der Waals surface area (Å²) in [6.45, 7) is 3.25. The molecule has 2 saturated heterocycles. The summed E-state index contributed by atoms with van der Waals surface area (Å²) >= 11 is 0. The Bertz CT molecular complexity index is 442. The third-order valence-electron chi connectivity index (χ3n) is 4.13. The van der Waals surface area contributed by atoms with E-state index in [0.717, 1.165) is 0 Å². The van der Waals surface area contributed by atoms with Crippen LogP contribution in [0.5, 0.6) is 0 Å². The van der Waals surface area contributed by atoms with E-state index in [9.17, 15) is 19.5 Å². The highest BCUT2D eigenvalue weighted by atomic mass is 16.4. The quantitative estimate of drug-likeness (QED) is 0.611. The number of nitrogens with one attached hydrogen (secondary N) is 1. The van der Waals surface area contributed by atoms with Gasteiger partial charge < -0.3 is 25.3 Å². The number of β-amino-alcohol motifs (C(OH)–C–C–N with tert-alkyl or cyclic N) is 1. The maximum absolute atomic E-state index is 12.5. The van der Waals surface area contributed by atoms with E-state index in [2.05, 4.69) is 5.32 Å². The lowest BCUT2D eigenvalue weighted by Crippen LogP contribution is -2.62. The molecular weight excluding hydrogens is 278 g/mol. The van der Waals surface area contributed by atoms with Gasteiger partial charge in [0.1, 0.15) is 6.04 Å². The van der Waals surface area contributed by atoms with Crippen LogP contribution in [0.25, 0.3) is 0 Å². The van der Waals surface area contributed by atoms with Crippen molar-refractivity contribution >= 4 is 17.9 Å². The zero-order chi connectivity index (χ0) is 15.6. The van der Waals surface area contributed by atoms with Crippen molar-refractivity contribution in [3.8, 4) is 0 Å². The van der Waals surface area contributed by atoms with Gasteiger partial charge in [0.15, 0.2) is 0 Å². The molecule has 3 amide bonds. The number of urea groups is 1. The Hall–Kier alpha value is -1.83. The Kier molecular flexibility index (Phi) is 4.66. The molecule has 2 heterocycles. The molecule has 2 aliphatic rings. The first-order valence-electron chi connectivity index (χ1n) is 7.13. The number of hydrogen-bond donors (Lipinski definition) is 3. The summed E-state index contributed by atoms with van der Waals surface area (Å²) < 4.78 is 0. The lowest BCUT2D eigenvalue weighted by molar-refractivity contribution is -0.142. The molecule has 0 aromatic carbocycles. The standard InChI is InChI=1S/C13H21N3O5/c1-8-2-4-15(7-10(8)17)13(21)16-5-3-14-12(20)9(16)6-11(18)19/h8-10,17H,2-7H2,1H3,(H,14,20)(H,18,19). The molecule has 3 atom stereocenters. The van der Waals surface area contributed by atoms with E-state index in [-0.39, 0.29) is 25.0 Å². The molecule has 0 aliphatic carbocycles. The number of piperazine rings is 1. The molecule has 2 rings (SSSR count). The van der Waals surface area contributed by atoms with Crippen LogP contribution in [0, 0.1) is 5.92 Å². The maximum atomic E-state index is 12.5. The number of amides is 3. The first-order chi connectivity index (χ1) is 9.90. The second-order valence-corrected chi connectivity index (χ2v) is 5.66. The number of aliphatic hydroxyl groups is 1. The van der Waals surface area contributed by atoms with Crippen LogP contribution in [0.1, 0.15) is 19.8 Å². The number of likely N-dealkylation sites (tertiary alicyclic amines) is 1. The lowest BCUT2D eigenvalue weighted by atomic mass is 9.96. The molecule has 0 bridgehead atoms. The van der Waals surface area contributed by atoms with Crippen molar-refractivity contribution in [1.29, 1.82) is 0 Å². The van der Waals surface area contributed by atoms with Gasteiger partial charge in [0.2, 0.25) is 5.91 Å². The molecule has 3 N–H and O–H groups in total. The molecule has 0 spiro atoms. The van der Waals surface area contributed by atoms with Crippen LogP contribution in [-0.4, -0.2) is 76.2 Å². The molecule has 0 aromatic heterocycles. The zero-order valence-corrected chi connectivity index (χ0v) is 12.0. The van der Waals surface area contributed by atoms with Crippen molar-refractivity contribution < 1.29 is 24.6 Å². The van der Waals surface area contributed by atoms with Crippen molar-refractivity contribution in [3.05, 3.63) is 0 Å². The van der Waals surface area contributed by atoms with E-state index in [0.29, 0.717) is 19.5 Å². The Morgan fingerprint density at radius 2 is 2.10 bits per heavy atom. The number of hydrogen-bond acceptors (Lipinski definition) is 4. The fourth-order valence-electron chi connectivity index (χ4n) is 2.72. The number of carboxylic acids is 1. The second kappa shape index (κ2) is 6.30. The maximum Gasteiger partial charge on any atom is 0.320 e. The Morgan fingerprint density at radius 1 is 1.38 bits per heavy atom. The Balaban J connectivity index is 2.08. The first-order valence-corrected chi connectivity index (χ1v) is 7.13. The molecule has 21 heavy (non-hydrogen) atoms. The molecule has 2 fully saturated rings. The zero-order valence-electron chi connectivity index (χ0n) is 12.0. The van der Waals surface area contributed by atoms with Gasteiger partial charge in [0.25, 0.3) is 0 Å². The van der Waals surface area contributed by atoms with E-state index in [4.69, 9.17) is 5.11 Å². The average Bonchev–Trinajstić information content (AvgIpc) is 2.43. The molecule has 118 valence electrons. The van der Waals surface area contributed by atoms with Gasteiger partial charge >= 0.3 is 12.0 Å². The smallest absolute Gasteiger partial charge is 0.320 e. The van der Waals surface area contributed by atoms with Crippen LogP contribution < -0.4 is 5.32 Å². The van der Waals surface area contributed by atoms with Crippen molar-refractivity contribution in [1.82, 2.24) is 15.1 Å². The minimum absolute atomic E-state index is 0.133. The molecule has 0 aromatic rings. The summed E-state index contributed by atoms with van der Waals surface area (Å²) in [7, 11) is 0. The number of aliphatic hydroxyl groups excluding tert-OH is 1. The largest absolute Gasteiger partial charge is 0.481 e. The summed E-state index contributed by atoms with van der Waals surface area (Å²) in [4.78, 5) is 38.0. The van der Waals surface area contributed by atoms with Gasteiger partial charge in [-0.2, -0.15) is 0 Å². The van der Waals surface area contributed by atoms with Crippen LogP contribution in [-0.2, 0) is 9.59 Å². The molecule has 3 unspecified atom stereocenters. The van der Waals surface area contributed by atoms with E-state index >= 15 is 0 Å². The topological polar surface area (TPSA) is 110 Å². The number of nitrogens with zero attached hydrogens (tertiary/aromatic N) is 2. The molecule has 2 aliphatic heterocycles. The van der Waals surface area contributed by atoms with Gasteiger partial charge in [-0.1, -0.05) is 6.92 Å². The summed E-state index contributed by atoms with van der Waals surface area (Å²) in [6.07, 6.45) is -0.305. The molecule has 0 saturated carbocycles. The number of carboxylic acid groups (broad SMARTS) is 1. The van der Waals surface area contributed by atoms with Crippen molar-refractivity contribution in [3.63, 3.8) is 0 Å². The average molecular weight is 299 g/mol. The van der Waals surface area contributed by atoms with Gasteiger partial charge in [0.05, 0.1) is 12.5 Å². The van der Waals surface area contributed by atoms with Crippen molar-refractivity contribution in [2.75, 3.05) is 26.2 Å². The van der Waals surface area contributed by atoms with Gasteiger partial charge in [-0.05, 0) is 12.3 Å². The molecule has 0 radical (unpaired) electrons. The lowest BCUT2D eigenvalue weighted by Gasteiger charge is -2.41. The highest BCUT2D eigenvalue weighted by molar-refractivity contribution is 5.91. The van der Waals surface area contributed by atoms with Gasteiger partial charge in [-0.25, -0.2) is 4.79 Å². The van der Waals surface area contributed by atoms with Crippen LogP contribution in [0.4, 0.5) is 4.79 Å². The summed E-state index contributed by atoms with van der Waals surface area (Å²) in [5, 5.41) is 21.3. The van der Waals surface area contributed by atoms with E-state index in [1.807, 2.05) is 6.92 Å². The number of carbonyl (C=O) groups excluding carboxylic acids is 2. The minimum Gasteiger partial charge on any atom is -0.481 e. The molecular formula is C13H21N3O5. The molecule has 8 nitrogen and oxygen atoms in total.